The van der Waals surface area contributed by atoms with Crippen LogP contribution in [0.4, 0.5) is 0 Å². The number of nitrogens with zero attached hydrogens (tertiary/aromatic N) is 1. The Morgan fingerprint density at radius 1 is 0.906 bits per heavy atom. The zero-order valence-corrected chi connectivity index (χ0v) is 20.4. The highest BCUT2D eigenvalue weighted by Gasteiger charge is 2.18. The number of carbonyl (C=O) groups is 2. The van der Waals surface area contributed by atoms with Crippen molar-refractivity contribution in [1.82, 2.24) is 9.97 Å². The van der Waals surface area contributed by atoms with Crippen molar-refractivity contribution in [3.63, 3.8) is 0 Å². The van der Waals surface area contributed by atoms with Crippen LogP contribution >= 0.6 is 34.3 Å². The first kappa shape index (κ1) is 23.8. The summed E-state index contributed by atoms with van der Waals surface area (Å²) in [6.07, 6.45) is 0. The van der Waals surface area contributed by atoms with Crippen molar-refractivity contribution in [2.24, 2.45) is 0 Å². The number of hydrogen-bond acceptors (Lipinski definition) is 6. The summed E-state index contributed by atoms with van der Waals surface area (Å²) in [5.74, 6) is -0.251. The molecule has 0 fully saturated rings. The van der Waals surface area contributed by atoms with Gasteiger partial charge in [-0.3, -0.25) is 19.4 Å². The number of H-pyrrole nitrogens is 1. The maximum atomic E-state index is 12.1. The molecule has 1 N–H and O–H groups in total. The fourth-order valence-electron chi connectivity index (χ4n) is 3.25. The molecule has 0 saturated heterocycles. The van der Waals surface area contributed by atoms with Gasteiger partial charge in [-0.05, 0) is 56.7 Å². The van der Waals surface area contributed by atoms with E-state index in [9.17, 15) is 14.4 Å². The molecule has 0 aliphatic carbocycles. The Morgan fingerprint density at radius 3 is 1.94 bits per heavy atom. The van der Waals surface area contributed by atoms with Gasteiger partial charge in [-0.15, -0.1) is 22.7 Å². The Labute approximate surface area is 198 Å². The molecule has 8 heteroatoms. The second-order valence-electron chi connectivity index (χ2n) is 7.14. The Kier molecular flexibility index (Phi) is 7.56. The van der Waals surface area contributed by atoms with Crippen molar-refractivity contribution in [3.8, 4) is 0 Å². The van der Waals surface area contributed by atoms with Gasteiger partial charge in [-0.1, -0.05) is 23.7 Å². The first-order valence-electron chi connectivity index (χ1n) is 9.69. The minimum absolute atomic E-state index is 0.0509. The molecule has 0 spiro atoms. The van der Waals surface area contributed by atoms with Crippen LogP contribution in [0.3, 0.4) is 0 Å². The number of aromatic nitrogens is 2. The fraction of sp³-hybridized carbons (Fsp3) is 0.167. The number of aryl methyl sites for hydroxylation is 4. The topological polar surface area (TPSA) is 79.9 Å². The molecule has 0 atom stereocenters. The van der Waals surface area contributed by atoms with E-state index in [0.29, 0.717) is 31.7 Å². The highest BCUT2D eigenvalue weighted by atomic mass is 35.5. The van der Waals surface area contributed by atoms with Crippen LogP contribution in [0.15, 0.2) is 52.0 Å². The molecule has 0 aliphatic heterocycles. The van der Waals surface area contributed by atoms with Crippen molar-refractivity contribution in [1.29, 1.82) is 0 Å². The number of hydrogen-bond donors (Lipinski definition) is 1. The molecule has 0 aromatic carbocycles. The van der Waals surface area contributed by atoms with Gasteiger partial charge in [0.2, 0.25) is 11.6 Å². The predicted molar refractivity (Wildman–Crippen MR) is 131 cm³/mol. The number of rotatable bonds is 4. The molecule has 0 saturated carbocycles. The SMILES string of the molecule is Cc1cc(=O)c(C(=O)c2cccs2)c(C)[nH]1.Cc1cc(Cl)c(C(=O)c2cccs2)c(C)n1. The Morgan fingerprint density at radius 2 is 1.47 bits per heavy atom. The number of thiophene rings is 2. The van der Waals surface area contributed by atoms with Crippen molar-refractivity contribution in [2.75, 3.05) is 0 Å². The van der Waals surface area contributed by atoms with E-state index in [1.165, 1.54) is 28.7 Å². The van der Waals surface area contributed by atoms with Crippen LogP contribution in [-0.4, -0.2) is 21.5 Å². The molecular weight excluding hydrogens is 464 g/mol. The van der Waals surface area contributed by atoms with Gasteiger partial charge >= 0.3 is 0 Å². The molecule has 164 valence electrons. The Hall–Kier alpha value is -2.87. The molecule has 0 amide bonds. The summed E-state index contributed by atoms with van der Waals surface area (Å²) in [6, 6.07) is 10.3. The van der Waals surface area contributed by atoms with E-state index in [0.717, 1.165) is 11.4 Å². The van der Waals surface area contributed by atoms with Gasteiger partial charge in [0, 0.05) is 23.1 Å². The van der Waals surface area contributed by atoms with Crippen molar-refractivity contribution in [3.05, 3.63) is 106 Å². The van der Waals surface area contributed by atoms with E-state index in [1.54, 1.807) is 45.0 Å². The summed E-state index contributed by atoms with van der Waals surface area (Å²) in [5, 5.41) is 4.17. The number of carbonyl (C=O) groups excluding carboxylic acids is 2. The van der Waals surface area contributed by atoms with Crippen molar-refractivity contribution < 1.29 is 9.59 Å². The minimum Gasteiger partial charge on any atom is -0.362 e. The first-order chi connectivity index (χ1) is 15.2. The smallest absolute Gasteiger partial charge is 0.208 e. The maximum absolute atomic E-state index is 12.1. The average Bonchev–Trinajstić information content (AvgIpc) is 3.41. The predicted octanol–water partition coefficient (Wildman–Crippen LogP) is 5.93. The quantitative estimate of drug-likeness (QED) is 0.364. The molecule has 0 aliphatic rings. The lowest BCUT2D eigenvalue weighted by molar-refractivity contribution is 0.103. The van der Waals surface area contributed by atoms with Crippen LogP contribution in [0, 0.1) is 27.7 Å². The number of nitrogens with one attached hydrogen (secondary N) is 1. The monoisotopic (exact) mass is 484 g/mol. The third kappa shape index (κ3) is 5.30. The second kappa shape index (κ2) is 10.2. The third-order valence-electron chi connectivity index (χ3n) is 4.58. The summed E-state index contributed by atoms with van der Waals surface area (Å²) in [5.41, 5.74) is 3.44. The third-order valence-corrected chi connectivity index (χ3v) is 6.61. The molecule has 4 rings (SSSR count). The number of pyridine rings is 2. The van der Waals surface area contributed by atoms with Gasteiger partial charge in [-0.2, -0.15) is 0 Å². The van der Waals surface area contributed by atoms with Crippen LogP contribution in [0.1, 0.15) is 53.2 Å². The van der Waals surface area contributed by atoms with Gasteiger partial charge in [0.1, 0.15) is 0 Å². The van der Waals surface area contributed by atoms with E-state index in [2.05, 4.69) is 9.97 Å². The fourth-order valence-corrected chi connectivity index (χ4v) is 4.97. The van der Waals surface area contributed by atoms with Crippen LogP contribution < -0.4 is 5.43 Å². The highest BCUT2D eigenvalue weighted by Crippen LogP contribution is 2.24. The summed E-state index contributed by atoms with van der Waals surface area (Å²) in [6.45, 7) is 7.21. The lowest BCUT2D eigenvalue weighted by Gasteiger charge is -2.06. The van der Waals surface area contributed by atoms with E-state index in [4.69, 9.17) is 11.6 Å². The Balaban J connectivity index is 0.000000181. The minimum atomic E-state index is -0.216. The molecule has 4 heterocycles. The molecule has 0 bridgehead atoms. The van der Waals surface area contributed by atoms with Crippen molar-refractivity contribution >= 4 is 45.8 Å². The summed E-state index contributed by atoms with van der Waals surface area (Å²) in [4.78, 5) is 44.5. The van der Waals surface area contributed by atoms with Crippen LogP contribution in [0.25, 0.3) is 0 Å². The normalized spacial score (nSPS) is 10.4. The van der Waals surface area contributed by atoms with E-state index >= 15 is 0 Å². The first-order valence-corrected chi connectivity index (χ1v) is 11.8. The van der Waals surface area contributed by atoms with Crippen molar-refractivity contribution in [2.45, 2.75) is 27.7 Å². The van der Waals surface area contributed by atoms with Gasteiger partial charge in [0.15, 0.2) is 5.43 Å². The van der Waals surface area contributed by atoms with Crippen LogP contribution in [0.2, 0.25) is 5.02 Å². The summed E-state index contributed by atoms with van der Waals surface area (Å²) < 4.78 is 0. The molecule has 5 nitrogen and oxygen atoms in total. The molecule has 32 heavy (non-hydrogen) atoms. The van der Waals surface area contributed by atoms with Crippen LogP contribution in [0.5, 0.6) is 0 Å². The molecule has 0 unspecified atom stereocenters. The standard InChI is InChI=1S/C12H10ClNOS.C12H11NO2S/c1-7-6-9(13)11(8(2)14-7)12(15)10-4-3-5-16-10;1-7-6-9(14)11(8(2)13-7)12(15)10-4-3-5-16-10/h3-6H,1-2H3;3-6H,1-2H3,(H,13,14). The second-order valence-corrected chi connectivity index (χ2v) is 9.44. The lowest BCUT2D eigenvalue weighted by atomic mass is 10.1. The summed E-state index contributed by atoms with van der Waals surface area (Å²) >= 11 is 8.85. The largest absolute Gasteiger partial charge is 0.362 e. The summed E-state index contributed by atoms with van der Waals surface area (Å²) in [7, 11) is 0. The molecule has 4 aromatic rings. The molecule has 4 aromatic heterocycles. The lowest BCUT2D eigenvalue weighted by Crippen LogP contribution is -2.18. The zero-order chi connectivity index (χ0) is 23.4. The average molecular weight is 485 g/mol. The van der Waals surface area contributed by atoms with Gasteiger partial charge < -0.3 is 4.98 Å². The van der Waals surface area contributed by atoms with Gasteiger partial charge in [-0.25, -0.2) is 0 Å². The van der Waals surface area contributed by atoms with Crippen LogP contribution in [-0.2, 0) is 0 Å². The zero-order valence-electron chi connectivity index (χ0n) is 18.0. The van der Waals surface area contributed by atoms with E-state index in [-0.39, 0.29) is 22.6 Å². The maximum Gasteiger partial charge on any atom is 0.208 e. The van der Waals surface area contributed by atoms with Gasteiger partial charge in [0.25, 0.3) is 0 Å². The van der Waals surface area contributed by atoms with Gasteiger partial charge in [0.05, 0.1) is 31.6 Å². The van der Waals surface area contributed by atoms with E-state index in [1.807, 2.05) is 23.8 Å². The highest BCUT2D eigenvalue weighted by molar-refractivity contribution is 7.12. The molecule has 0 radical (unpaired) electrons. The molecular formula is C24H21ClN2O3S2. The number of halogens is 1. The van der Waals surface area contributed by atoms with E-state index < -0.39 is 0 Å². The Bertz CT molecular complexity index is 1300. The number of aromatic amines is 1. The number of ketones is 2.